The summed E-state index contributed by atoms with van der Waals surface area (Å²) in [5, 5.41) is -0.363. The predicted molar refractivity (Wildman–Crippen MR) is 91.4 cm³/mol. The van der Waals surface area contributed by atoms with Crippen LogP contribution in [0.1, 0.15) is 20.7 Å². The molecule has 26 heavy (non-hydrogen) atoms. The third kappa shape index (κ3) is 5.24. The van der Waals surface area contributed by atoms with Gasteiger partial charge in [0, 0.05) is 10.0 Å². The minimum Gasteiger partial charge on any atom is -0.452 e. The molecular weight excluding hydrogens is 438 g/mol. The van der Waals surface area contributed by atoms with Crippen molar-refractivity contribution < 1.29 is 27.9 Å². The highest BCUT2D eigenvalue weighted by Gasteiger charge is 2.17. The first-order chi connectivity index (χ1) is 12.3. The summed E-state index contributed by atoms with van der Waals surface area (Å²) in [6, 6.07) is 7.51. The van der Waals surface area contributed by atoms with Crippen LogP contribution < -0.4 is 10.9 Å². The van der Waals surface area contributed by atoms with Gasteiger partial charge < -0.3 is 4.74 Å². The lowest BCUT2D eigenvalue weighted by atomic mass is 10.2. The molecule has 0 aromatic heterocycles. The van der Waals surface area contributed by atoms with Gasteiger partial charge in [0.05, 0.1) is 10.6 Å². The first kappa shape index (κ1) is 19.8. The van der Waals surface area contributed by atoms with E-state index in [2.05, 4.69) is 26.1 Å². The molecule has 136 valence electrons. The summed E-state index contributed by atoms with van der Waals surface area (Å²) in [6.45, 7) is -0.769. The predicted octanol–water partition coefficient (Wildman–Crippen LogP) is 3.00. The number of ether oxygens (including phenoxy) is 1. The molecule has 0 unspecified atom stereocenters. The van der Waals surface area contributed by atoms with Crippen molar-refractivity contribution in [2.45, 2.75) is 0 Å². The van der Waals surface area contributed by atoms with Gasteiger partial charge in [0.1, 0.15) is 0 Å². The fourth-order valence-corrected chi connectivity index (χ4v) is 2.22. The number of hydrogen-bond acceptors (Lipinski definition) is 4. The molecule has 0 aliphatic carbocycles. The molecule has 0 radical (unpaired) electrons. The Morgan fingerprint density at radius 1 is 1.04 bits per heavy atom. The van der Waals surface area contributed by atoms with Gasteiger partial charge in [0.2, 0.25) is 0 Å². The molecular formula is C16H10BrClF2N2O4. The van der Waals surface area contributed by atoms with Crippen molar-refractivity contribution in [3.8, 4) is 0 Å². The van der Waals surface area contributed by atoms with Gasteiger partial charge in [0.25, 0.3) is 11.8 Å². The Hall–Kier alpha value is -2.52. The fraction of sp³-hybridized carbons (Fsp3) is 0.0625. The summed E-state index contributed by atoms with van der Waals surface area (Å²) < 4.78 is 31.5. The smallest absolute Gasteiger partial charge is 0.340 e. The molecule has 6 nitrogen and oxygen atoms in total. The standard InChI is InChI=1S/C16H10BrClF2N2O4/c17-9-3-1-8(2-4-9)15(24)22-21-14(23)7-26-16(25)10-5-12(19)13(20)6-11(10)18/h1-6H,7H2,(H,21,23)(H,22,24). The molecule has 10 heteroatoms. The fourth-order valence-electron chi connectivity index (χ4n) is 1.72. The van der Waals surface area contributed by atoms with Gasteiger partial charge in [-0.3, -0.25) is 20.4 Å². The van der Waals surface area contributed by atoms with E-state index < -0.39 is 41.6 Å². The van der Waals surface area contributed by atoms with E-state index >= 15 is 0 Å². The van der Waals surface area contributed by atoms with Crippen LogP contribution >= 0.6 is 27.5 Å². The van der Waals surface area contributed by atoms with E-state index in [4.69, 9.17) is 11.6 Å². The number of halogens is 4. The second-order valence-corrected chi connectivity index (χ2v) is 6.15. The first-order valence-corrected chi connectivity index (χ1v) is 8.11. The van der Waals surface area contributed by atoms with E-state index in [0.29, 0.717) is 17.7 Å². The van der Waals surface area contributed by atoms with Crippen LogP contribution in [0.25, 0.3) is 0 Å². The molecule has 0 saturated heterocycles. The number of esters is 1. The van der Waals surface area contributed by atoms with Crippen molar-refractivity contribution in [1.82, 2.24) is 10.9 Å². The number of benzene rings is 2. The molecule has 2 aromatic rings. The molecule has 0 saturated carbocycles. The van der Waals surface area contributed by atoms with E-state index in [0.717, 1.165) is 4.47 Å². The average Bonchev–Trinajstić information content (AvgIpc) is 2.61. The molecule has 0 spiro atoms. The second-order valence-electron chi connectivity index (χ2n) is 4.83. The van der Waals surface area contributed by atoms with Crippen molar-refractivity contribution in [2.75, 3.05) is 6.61 Å². The molecule has 2 N–H and O–H groups in total. The molecule has 2 aromatic carbocycles. The third-order valence-corrected chi connectivity index (χ3v) is 3.83. The van der Waals surface area contributed by atoms with Crippen molar-refractivity contribution in [1.29, 1.82) is 0 Å². The molecule has 2 rings (SSSR count). The van der Waals surface area contributed by atoms with Crippen LogP contribution in [-0.4, -0.2) is 24.4 Å². The van der Waals surface area contributed by atoms with Gasteiger partial charge in [-0.05, 0) is 36.4 Å². The number of carbonyl (C=O) groups excluding carboxylic acids is 3. The van der Waals surface area contributed by atoms with Gasteiger partial charge >= 0.3 is 5.97 Å². The van der Waals surface area contributed by atoms with Crippen LogP contribution in [0, 0.1) is 11.6 Å². The lowest BCUT2D eigenvalue weighted by molar-refractivity contribution is -0.125. The van der Waals surface area contributed by atoms with Crippen LogP contribution in [0.15, 0.2) is 40.9 Å². The SMILES string of the molecule is O=C(COC(=O)c1cc(F)c(F)cc1Cl)NNC(=O)c1ccc(Br)cc1. The maximum absolute atomic E-state index is 13.1. The molecule has 0 bridgehead atoms. The summed E-state index contributed by atoms with van der Waals surface area (Å²) in [6.07, 6.45) is 0. The zero-order valence-corrected chi connectivity index (χ0v) is 15.2. The number of hydrogen-bond donors (Lipinski definition) is 2. The number of amides is 2. The Balaban J connectivity index is 1.85. The second kappa shape index (κ2) is 8.72. The van der Waals surface area contributed by atoms with Crippen molar-refractivity contribution in [3.63, 3.8) is 0 Å². The van der Waals surface area contributed by atoms with E-state index in [1.165, 1.54) is 12.1 Å². The topological polar surface area (TPSA) is 84.5 Å². The van der Waals surface area contributed by atoms with Crippen molar-refractivity contribution in [2.24, 2.45) is 0 Å². The Morgan fingerprint density at radius 2 is 1.65 bits per heavy atom. The van der Waals surface area contributed by atoms with Gasteiger partial charge in [-0.15, -0.1) is 0 Å². The van der Waals surface area contributed by atoms with Gasteiger partial charge in [0.15, 0.2) is 18.2 Å². The molecule has 0 fully saturated rings. The highest BCUT2D eigenvalue weighted by molar-refractivity contribution is 9.10. The summed E-state index contributed by atoms with van der Waals surface area (Å²) in [5.41, 5.74) is 4.03. The minimum atomic E-state index is -1.28. The molecule has 2 amide bonds. The van der Waals surface area contributed by atoms with Gasteiger partial charge in [-0.2, -0.15) is 0 Å². The van der Waals surface area contributed by atoms with Gasteiger partial charge in [-0.1, -0.05) is 27.5 Å². The quantitative estimate of drug-likeness (QED) is 0.429. The van der Waals surface area contributed by atoms with E-state index in [-0.39, 0.29) is 5.02 Å². The molecule has 0 atom stereocenters. The Bertz CT molecular complexity index is 862. The summed E-state index contributed by atoms with van der Waals surface area (Å²) in [7, 11) is 0. The maximum atomic E-state index is 13.1. The molecule has 0 aliphatic rings. The first-order valence-electron chi connectivity index (χ1n) is 6.94. The summed E-state index contributed by atoms with van der Waals surface area (Å²) in [4.78, 5) is 35.1. The average molecular weight is 448 g/mol. The van der Waals surface area contributed by atoms with Crippen LogP contribution in [0.3, 0.4) is 0 Å². The molecule has 0 aliphatic heterocycles. The Morgan fingerprint density at radius 3 is 2.31 bits per heavy atom. The van der Waals surface area contributed by atoms with Crippen LogP contribution in [0.4, 0.5) is 8.78 Å². The maximum Gasteiger partial charge on any atom is 0.340 e. The Kier molecular flexibility index (Phi) is 6.64. The largest absolute Gasteiger partial charge is 0.452 e. The zero-order valence-electron chi connectivity index (χ0n) is 12.8. The zero-order chi connectivity index (χ0) is 19.3. The highest BCUT2D eigenvalue weighted by Crippen LogP contribution is 2.20. The highest BCUT2D eigenvalue weighted by atomic mass is 79.9. The van der Waals surface area contributed by atoms with E-state index in [9.17, 15) is 23.2 Å². The monoisotopic (exact) mass is 446 g/mol. The van der Waals surface area contributed by atoms with E-state index in [1.807, 2.05) is 5.43 Å². The van der Waals surface area contributed by atoms with Crippen molar-refractivity contribution in [3.05, 3.63) is 68.7 Å². The number of rotatable bonds is 4. The third-order valence-electron chi connectivity index (χ3n) is 2.99. The van der Waals surface area contributed by atoms with Gasteiger partial charge in [-0.25, -0.2) is 13.6 Å². The number of hydrazine groups is 1. The van der Waals surface area contributed by atoms with E-state index in [1.54, 1.807) is 12.1 Å². The number of nitrogens with one attached hydrogen (secondary N) is 2. The lowest BCUT2D eigenvalue weighted by Crippen LogP contribution is -2.43. The minimum absolute atomic E-state index is 0.291. The Labute approximate surface area is 159 Å². The summed E-state index contributed by atoms with van der Waals surface area (Å²) >= 11 is 8.84. The van der Waals surface area contributed by atoms with Crippen LogP contribution in [0.5, 0.6) is 0 Å². The number of carbonyl (C=O) groups is 3. The van der Waals surface area contributed by atoms with Crippen LogP contribution in [0.2, 0.25) is 5.02 Å². The normalized spacial score (nSPS) is 10.2. The summed E-state index contributed by atoms with van der Waals surface area (Å²) in [5.74, 6) is -5.06. The lowest BCUT2D eigenvalue weighted by Gasteiger charge is -2.09. The molecule has 0 heterocycles. The van der Waals surface area contributed by atoms with Crippen LogP contribution in [-0.2, 0) is 9.53 Å². The van der Waals surface area contributed by atoms with Crippen molar-refractivity contribution >= 4 is 45.3 Å².